The van der Waals surface area contributed by atoms with E-state index in [1.807, 2.05) is 31.2 Å². The van der Waals surface area contributed by atoms with Crippen LogP contribution in [0.5, 0.6) is 0 Å². The highest BCUT2D eigenvalue weighted by Crippen LogP contribution is 2.36. The van der Waals surface area contributed by atoms with Crippen molar-refractivity contribution in [1.82, 2.24) is 19.6 Å². The summed E-state index contributed by atoms with van der Waals surface area (Å²) in [6.07, 6.45) is 0. The number of hydrogen-bond acceptors (Lipinski definition) is 5. The second-order valence-electron chi connectivity index (χ2n) is 7.27. The molecule has 3 amide bonds. The maximum atomic E-state index is 12.7. The number of aryl methyl sites for hydroxylation is 1. The number of thioether (sulfide) groups is 1. The van der Waals surface area contributed by atoms with Crippen molar-refractivity contribution in [1.29, 1.82) is 0 Å². The van der Waals surface area contributed by atoms with Crippen LogP contribution in [-0.2, 0) is 25.9 Å². The summed E-state index contributed by atoms with van der Waals surface area (Å²) < 4.78 is 1.72. The summed E-state index contributed by atoms with van der Waals surface area (Å²) in [5, 5.41) is 7.48. The number of carbonyl (C=O) groups is 3. The molecule has 9 heteroatoms. The molecule has 152 valence electrons. The molecule has 2 aliphatic rings. The molecule has 1 saturated heterocycles. The van der Waals surface area contributed by atoms with Crippen LogP contribution in [0.3, 0.4) is 0 Å². The van der Waals surface area contributed by atoms with E-state index in [4.69, 9.17) is 0 Å². The molecule has 1 fully saturated rings. The second kappa shape index (κ2) is 7.90. The highest BCUT2D eigenvalue weighted by molar-refractivity contribution is 7.98. The van der Waals surface area contributed by atoms with E-state index in [2.05, 4.69) is 10.4 Å². The van der Waals surface area contributed by atoms with E-state index in [1.165, 1.54) is 11.8 Å². The first-order valence-electron chi connectivity index (χ1n) is 9.55. The fraction of sp³-hybridized carbons (Fsp3) is 0.400. The lowest BCUT2D eigenvalue weighted by Gasteiger charge is -2.33. The maximum Gasteiger partial charge on any atom is 0.315 e. The van der Waals surface area contributed by atoms with Crippen molar-refractivity contribution in [3.8, 4) is 5.69 Å². The number of fused-ring (bicyclic) bond motifs is 1. The number of piperazine rings is 1. The van der Waals surface area contributed by atoms with E-state index in [1.54, 1.807) is 21.3 Å². The molecule has 0 radical (unpaired) electrons. The van der Waals surface area contributed by atoms with Crippen LogP contribution in [-0.4, -0.2) is 63.5 Å². The molecule has 3 heterocycles. The molecule has 8 nitrogen and oxygen atoms in total. The van der Waals surface area contributed by atoms with Gasteiger partial charge in [0, 0.05) is 50.2 Å². The first-order valence-corrected chi connectivity index (χ1v) is 10.7. The molecule has 0 saturated carbocycles. The summed E-state index contributed by atoms with van der Waals surface area (Å²) in [6, 6.07) is 7.87. The van der Waals surface area contributed by atoms with Crippen LogP contribution in [0.15, 0.2) is 24.3 Å². The average Bonchev–Trinajstić information content (AvgIpc) is 3.30. The number of aromatic nitrogens is 2. The van der Waals surface area contributed by atoms with Gasteiger partial charge in [-0.2, -0.15) is 16.9 Å². The molecule has 0 spiro atoms. The largest absolute Gasteiger partial charge is 0.339 e. The third-order valence-electron chi connectivity index (χ3n) is 5.24. The van der Waals surface area contributed by atoms with Crippen molar-refractivity contribution in [3.05, 3.63) is 41.1 Å². The van der Waals surface area contributed by atoms with E-state index in [9.17, 15) is 14.4 Å². The highest BCUT2D eigenvalue weighted by Gasteiger charge is 2.30. The number of nitrogens with zero attached hydrogens (tertiary/aromatic N) is 4. The number of rotatable bonds is 2. The van der Waals surface area contributed by atoms with Gasteiger partial charge in [-0.3, -0.25) is 14.4 Å². The van der Waals surface area contributed by atoms with Gasteiger partial charge >= 0.3 is 11.8 Å². The zero-order valence-corrected chi connectivity index (χ0v) is 17.3. The first-order chi connectivity index (χ1) is 13.9. The third-order valence-corrected chi connectivity index (χ3v) is 6.21. The van der Waals surface area contributed by atoms with Gasteiger partial charge in [0.2, 0.25) is 5.91 Å². The van der Waals surface area contributed by atoms with Crippen molar-refractivity contribution in [2.75, 3.05) is 31.5 Å². The van der Waals surface area contributed by atoms with Crippen LogP contribution in [0.25, 0.3) is 5.69 Å². The SMILES string of the molecule is CC(=O)N1CCN(C(=O)C(=O)Nc2c3c(nn2-c2cccc(C)c2)CSC3)CC1. The van der Waals surface area contributed by atoms with Crippen LogP contribution in [0.2, 0.25) is 0 Å². The maximum absolute atomic E-state index is 12.7. The van der Waals surface area contributed by atoms with E-state index >= 15 is 0 Å². The molecule has 1 N–H and O–H groups in total. The fourth-order valence-electron chi connectivity index (χ4n) is 3.62. The Balaban J connectivity index is 1.54. The van der Waals surface area contributed by atoms with Gasteiger partial charge in [-0.1, -0.05) is 12.1 Å². The van der Waals surface area contributed by atoms with Crippen LogP contribution in [0.1, 0.15) is 23.7 Å². The Kier molecular flexibility index (Phi) is 5.31. The van der Waals surface area contributed by atoms with Gasteiger partial charge in [0.1, 0.15) is 5.82 Å². The topological polar surface area (TPSA) is 87.5 Å². The van der Waals surface area contributed by atoms with Gasteiger partial charge in [-0.05, 0) is 24.6 Å². The lowest BCUT2D eigenvalue weighted by molar-refractivity contribution is -0.145. The van der Waals surface area contributed by atoms with Crippen LogP contribution in [0.4, 0.5) is 5.82 Å². The lowest BCUT2D eigenvalue weighted by atomic mass is 10.2. The molecule has 0 atom stereocenters. The average molecular weight is 414 g/mol. The molecule has 4 rings (SSSR count). The standard InChI is InChI=1S/C20H23N5O3S/c1-13-4-3-5-15(10-13)25-18(16-11-29-12-17(16)22-25)21-19(27)20(28)24-8-6-23(7-9-24)14(2)26/h3-5,10H,6-9,11-12H2,1-2H3,(H,21,27). The van der Waals surface area contributed by atoms with Gasteiger partial charge in [0.25, 0.3) is 0 Å². The van der Waals surface area contributed by atoms with Crippen LogP contribution >= 0.6 is 11.8 Å². The molecule has 0 aliphatic carbocycles. The van der Waals surface area contributed by atoms with E-state index in [-0.39, 0.29) is 5.91 Å². The van der Waals surface area contributed by atoms with Crippen LogP contribution < -0.4 is 5.32 Å². The number of hydrogen-bond donors (Lipinski definition) is 1. The number of nitrogens with one attached hydrogen (secondary N) is 1. The first kappa shape index (κ1) is 19.5. The Morgan fingerprint density at radius 2 is 1.79 bits per heavy atom. The van der Waals surface area contributed by atoms with Gasteiger partial charge in [0.05, 0.1) is 11.4 Å². The predicted molar refractivity (Wildman–Crippen MR) is 111 cm³/mol. The fourth-order valence-corrected chi connectivity index (χ4v) is 4.65. The quantitative estimate of drug-likeness (QED) is 0.755. The minimum atomic E-state index is -0.672. The molecule has 1 aromatic carbocycles. The monoisotopic (exact) mass is 413 g/mol. The van der Waals surface area contributed by atoms with Crippen molar-refractivity contribution >= 4 is 35.3 Å². The summed E-state index contributed by atoms with van der Waals surface area (Å²) in [5.74, 6) is 0.840. The summed E-state index contributed by atoms with van der Waals surface area (Å²) in [7, 11) is 0. The van der Waals surface area contributed by atoms with Crippen molar-refractivity contribution in [3.63, 3.8) is 0 Å². The number of benzene rings is 1. The zero-order valence-electron chi connectivity index (χ0n) is 16.5. The molecule has 1 aromatic heterocycles. The minimum Gasteiger partial charge on any atom is -0.339 e. The molecule has 2 aromatic rings. The van der Waals surface area contributed by atoms with Gasteiger partial charge in [-0.15, -0.1) is 0 Å². The molecule has 2 aliphatic heterocycles. The Bertz CT molecular complexity index is 978. The van der Waals surface area contributed by atoms with Crippen LogP contribution in [0, 0.1) is 6.92 Å². The normalized spacial score (nSPS) is 15.9. The molecule has 29 heavy (non-hydrogen) atoms. The minimum absolute atomic E-state index is 0.0170. The van der Waals surface area contributed by atoms with E-state index in [0.29, 0.717) is 32.0 Å². The summed E-state index contributed by atoms with van der Waals surface area (Å²) >= 11 is 1.74. The van der Waals surface area contributed by atoms with Gasteiger partial charge in [0.15, 0.2) is 0 Å². The molecular weight excluding hydrogens is 390 g/mol. The molecular formula is C20H23N5O3S. The van der Waals surface area contributed by atoms with Gasteiger partial charge in [-0.25, -0.2) is 4.68 Å². The molecule has 0 bridgehead atoms. The number of anilines is 1. The summed E-state index contributed by atoms with van der Waals surface area (Å²) in [5.41, 5.74) is 3.85. The third kappa shape index (κ3) is 3.87. The Labute approximate surface area is 173 Å². The van der Waals surface area contributed by atoms with Crippen molar-refractivity contribution in [2.45, 2.75) is 25.4 Å². The zero-order chi connectivity index (χ0) is 20.5. The van der Waals surface area contributed by atoms with E-state index < -0.39 is 11.8 Å². The number of amides is 3. The van der Waals surface area contributed by atoms with Crippen molar-refractivity contribution in [2.24, 2.45) is 0 Å². The van der Waals surface area contributed by atoms with Crippen molar-refractivity contribution < 1.29 is 14.4 Å². The Morgan fingerprint density at radius 1 is 1.07 bits per heavy atom. The summed E-state index contributed by atoms with van der Waals surface area (Å²) in [4.78, 5) is 40.1. The smallest absolute Gasteiger partial charge is 0.315 e. The highest BCUT2D eigenvalue weighted by atomic mass is 32.2. The summed E-state index contributed by atoms with van der Waals surface area (Å²) in [6.45, 7) is 5.12. The number of carbonyl (C=O) groups excluding carboxylic acids is 3. The lowest BCUT2D eigenvalue weighted by Crippen LogP contribution is -2.52. The predicted octanol–water partition coefficient (Wildman–Crippen LogP) is 1.56. The second-order valence-corrected chi connectivity index (χ2v) is 8.26. The van der Waals surface area contributed by atoms with Gasteiger partial charge < -0.3 is 15.1 Å². The van der Waals surface area contributed by atoms with E-state index in [0.717, 1.165) is 34.0 Å². The Hall–Kier alpha value is -2.81. The Morgan fingerprint density at radius 3 is 2.48 bits per heavy atom. The molecule has 0 unspecified atom stereocenters.